The number of carbonyl (C=O) groups is 1. The first-order chi connectivity index (χ1) is 14.7. The predicted octanol–water partition coefficient (Wildman–Crippen LogP) is 0.409. The summed E-state index contributed by atoms with van der Waals surface area (Å²) < 4.78 is 59.7. The molecule has 1 aromatic rings. The summed E-state index contributed by atoms with van der Waals surface area (Å²) in [6.07, 6.45) is 2.73. The van der Waals surface area contributed by atoms with Gasteiger partial charge in [-0.2, -0.15) is 8.61 Å². The molecule has 1 aliphatic carbocycles. The van der Waals surface area contributed by atoms with Gasteiger partial charge in [-0.15, -0.1) is 0 Å². The summed E-state index contributed by atoms with van der Waals surface area (Å²) in [6.45, 7) is 5.53. The minimum absolute atomic E-state index is 0.0510. The molecule has 1 N–H and O–H groups in total. The maximum atomic E-state index is 13.1. The van der Waals surface area contributed by atoms with Gasteiger partial charge in [0.1, 0.15) is 0 Å². The molecule has 0 spiro atoms. The molecule has 1 amide bonds. The molecular weight excluding hydrogens is 442 g/mol. The number of hydrogen-bond donors (Lipinski definition) is 1. The lowest BCUT2D eigenvalue weighted by molar-refractivity contribution is -0.117. The summed E-state index contributed by atoms with van der Waals surface area (Å²) in [6, 6.07) is 5.49. The Morgan fingerprint density at radius 1 is 0.935 bits per heavy atom. The third-order valence-corrected chi connectivity index (χ3v) is 10.1. The number of fused-ring (bicyclic) bond motifs is 1. The highest BCUT2D eigenvalue weighted by atomic mass is 32.2. The third kappa shape index (κ3) is 4.42. The van der Waals surface area contributed by atoms with E-state index in [1.807, 2.05) is 0 Å². The zero-order valence-electron chi connectivity index (χ0n) is 17.1. The van der Waals surface area contributed by atoms with E-state index in [0.29, 0.717) is 26.3 Å². The molecule has 2 atom stereocenters. The van der Waals surface area contributed by atoms with Crippen molar-refractivity contribution in [3.63, 3.8) is 0 Å². The van der Waals surface area contributed by atoms with Crippen LogP contribution in [0.15, 0.2) is 46.7 Å². The van der Waals surface area contributed by atoms with Gasteiger partial charge in [-0.05, 0) is 55.0 Å². The van der Waals surface area contributed by atoms with Crippen LogP contribution in [0.2, 0.25) is 0 Å². The molecule has 0 radical (unpaired) electrons. The summed E-state index contributed by atoms with van der Waals surface area (Å²) in [5.41, 5.74) is 0. The number of ether oxygens (including phenoxy) is 1. The SMILES string of the molecule is C=CC(=O)NC1CC2CN(S(=O)(=O)c3ccc(S(=O)(=O)N4CCOCC4)cc3)CC2C1. The zero-order valence-corrected chi connectivity index (χ0v) is 18.8. The van der Waals surface area contributed by atoms with Crippen LogP contribution in [0.3, 0.4) is 0 Å². The standard InChI is InChI=1S/C20H27N3O6S2/c1-2-20(24)21-17-11-15-13-23(14-16(15)12-17)31(27,28)19-5-3-18(4-6-19)30(25,26)22-7-9-29-10-8-22/h2-6,15-17H,1,7-14H2,(H,21,24). The van der Waals surface area contributed by atoms with Gasteiger partial charge in [0.25, 0.3) is 0 Å². The summed E-state index contributed by atoms with van der Waals surface area (Å²) in [5.74, 6) is 0.193. The first-order valence-electron chi connectivity index (χ1n) is 10.3. The lowest BCUT2D eigenvalue weighted by Gasteiger charge is -2.26. The van der Waals surface area contributed by atoms with Gasteiger partial charge in [-0.25, -0.2) is 16.8 Å². The Morgan fingerprint density at radius 2 is 1.42 bits per heavy atom. The Labute approximate surface area is 183 Å². The van der Waals surface area contributed by atoms with Crippen LogP contribution in [0.1, 0.15) is 12.8 Å². The lowest BCUT2D eigenvalue weighted by atomic mass is 10.0. The van der Waals surface area contributed by atoms with Gasteiger partial charge in [-0.1, -0.05) is 6.58 Å². The van der Waals surface area contributed by atoms with E-state index < -0.39 is 20.0 Å². The molecule has 3 aliphatic rings. The fraction of sp³-hybridized carbons (Fsp3) is 0.550. The number of sulfonamides is 2. The second-order valence-electron chi connectivity index (χ2n) is 8.21. The molecule has 0 bridgehead atoms. The molecule has 2 aliphatic heterocycles. The van der Waals surface area contributed by atoms with E-state index in [-0.39, 0.29) is 46.7 Å². The number of morpholine rings is 1. The average Bonchev–Trinajstić information content (AvgIpc) is 3.33. The number of benzene rings is 1. The maximum Gasteiger partial charge on any atom is 0.243 e. The minimum Gasteiger partial charge on any atom is -0.379 e. The van der Waals surface area contributed by atoms with Crippen LogP contribution >= 0.6 is 0 Å². The highest BCUT2D eigenvalue weighted by Gasteiger charge is 2.45. The van der Waals surface area contributed by atoms with Crippen LogP contribution in [0.4, 0.5) is 0 Å². The van der Waals surface area contributed by atoms with Crippen LogP contribution in [0.5, 0.6) is 0 Å². The van der Waals surface area contributed by atoms with E-state index in [2.05, 4.69) is 11.9 Å². The van der Waals surface area contributed by atoms with Crippen molar-refractivity contribution in [2.24, 2.45) is 11.8 Å². The number of rotatable bonds is 6. The molecule has 2 heterocycles. The van der Waals surface area contributed by atoms with Gasteiger partial charge in [-0.3, -0.25) is 4.79 Å². The van der Waals surface area contributed by atoms with Crippen molar-refractivity contribution in [1.29, 1.82) is 0 Å². The van der Waals surface area contributed by atoms with Crippen LogP contribution in [0, 0.1) is 11.8 Å². The van der Waals surface area contributed by atoms with Gasteiger partial charge in [0.2, 0.25) is 26.0 Å². The fourth-order valence-corrected chi connectivity index (χ4v) is 7.66. The van der Waals surface area contributed by atoms with Gasteiger partial charge < -0.3 is 10.1 Å². The van der Waals surface area contributed by atoms with Crippen LogP contribution in [0.25, 0.3) is 0 Å². The van der Waals surface area contributed by atoms with Crippen molar-refractivity contribution < 1.29 is 26.4 Å². The number of nitrogens with one attached hydrogen (secondary N) is 1. The van der Waals surface area contributed by atoms with E-state index >= 15 is 0 Å². The number of hydrogen-bond acceptors (Lipinski definition) is 6. The molecule has 9 nitrogen and oxygen atoms in total. The summed E-state index contributed by atoms with van der Waals surface area (Å²) >= 11 is 0. The topological polar surface area (TPSA) is 113 Å². The number of nitrogens with zero attached hydrogens (tertiary/aromatic N) is 2. The van der Waals surface area contributed by atoms with Crippen LogP contribution in [-0.4, -0.2) is 76.8 Å². The van der Waals surface area contributed by atoms with E-state index in [1.54, 1.807) is 0 Å². The monoisotopic (exact) mass is 469 g/mol. The highest BCUT2D eigenvalue weighted by molar-refractivity contribution is 7.89. The van der Waals surface area contributed by atoms with E-state index in [0.717, 1.165) is 12.8 Å². The number of amides is 1. The molecule has 4 rings (SSSR count). The van der Waals surface area contributed by atoms with Crippen molar-refractivity contribution in [3.05, 3.63) is 36.9 Å². The molecule has 2 unspecified atom stereocenters. The summed E-state index contributed by atoms with van der Waals surface area (Å²) in [7, 11) is -7.38. The lowest BCUT2D eigenvalue weighted by Crippen LogP contribution is -2.40. The summed E-state index contributed by atoms with van der Waals surface area (Å²) in [5, 5.41) is 2.90. The Hall–Kier alpha value is -1.79. The minimum atomic E-state index is -3.71. The van der Waals surface area contributed by atoms with E-state index in [1.165, 1.54) is 39.0 Å². The average molecular weight is 470 g/mol. The Morgan fingerprint density at radius 3 is 1.90 bits per heavy atom. The summed E-state index contributed by atoms with van der Waals surface area (Å²) in [4.78, 5) is 11.7. The normalized spacial score (nSPS) is 27.7. The molecule has 1 saturated carbocycles. The largest absolute Gasteiger partial charge is 0.379 e. The first kappa shape index (κ1) is 22.4. The van der Waals surface area contributed by atoms with Crippen molar-refractivity contribution in [2.45, 2.75) is 28.7 Å². The third-order valence-electron chi connectivity index (χ3n) is 6.32. The Bertz CT molecular complexity index is 1030. The smallest absolute Gasteiger partial charge is 0.243 e. The fourth-order valence-electron chi connectivity index (χ4n) is 4.70. The molecule has 31 heavy (non-hydrogen) atoms. The maximum absolute atomic E-state index is 13.1. The van der Waals surface area contributed by atoms with Gasteiger partial charge in [0.05, 0.1) is 23.0 Å². The first-order valence-corrected chi connectivity index (χ1v) is 13.2. The second-order valence-corrected chi connectivity index (χ2v) is 12.1. The Kier molecular flexibility index (Phi) is 6.23. The van der Waals surface area contributed by atoms with Crippen molar-refractivity contribution in [1.82, 2.24) is 13.9 Å². The van der Waals surface area contributed by atoms with Crippen LogP contribution < -0.4 is 5.32 Å². The molecule has 11 heteroatoms. The van der Waals surface area contributed by atoms with Crippen molar-refractivity contribution in [2.75, 3.05) is 39.4 Å². The van der Waals surface area contributed by atoms with Gasteiger partial charge >= 0.3 is 0 Å². The Balaban J connectivity index is 1.43. The molecule has 3 fully saturated rings. The van der Waals surface area contributed by atoms with Crippen molar-refractivity contribution >= 4 is 26.0 Å². The van der Waals surface area contributed by atoms with E-state index in [4.69, 9.17) is 4.74 Å². The molecule has 1 aromatic carbocycles. The van der Waals surface area contributed by atoms with Crippen LogP contribution in [-0.2, 0) is 29.6 Å². The second kappa shape index (κ2) is 8.62. The van der Waals surface area contributed by atoms with Gasteiger partial charge in [0, 0.05) is 32.2 Å². The van der Waals surface area contributed by atoms with Gasteiger partial charge in [0.15, 0.2) is 0 Å². The zero-order chi connectivity index (χ0) is 22.2. The molecule has 170 valence electrons. The molecule has 0 aromatic heterocycles. The molecular formula is C20H27N3O6S2. The predicted molar refractivity (Wildman–Crippen MR) is 113 cm³/mol. The quantitative estimate of drug-likeness (QED) is 0.604. The van der Waals surface area contributed by atoms with E-state index in [9.17, 15) is 21.6 Å². The van der Waals surface area contributed by atoms with Crippen molar-refractivity contribution in [3.8, 4) is 0 Å². The number of carbonyl (C=O) groups excluding carboxylic acids is 1. The highest BCUT2D eigenvalue weighted by Crippen LogP contribution is 2.40. The molecule has 2 saturated heterocycles.